The van der Waals surface area contributed by atoms with Crippen molar-refractivity contribution in [3.8, 4) is 17.2 Å². The Morgan fingerprint density at radius 3 is 2.49 bits per heavy atom. The standard InChI is InChI=1S/C27H29NO11/c1-10-22(31)13(28)6-17(38-10)39-15-8-27(36,16(30)9-29)7-12-19(15)26(35)21-20(24(12)33)23(32)11-4-3-5-14(37-2)18(11)25(21)34/h3-5,10,13,15,17,22,29,31,33,35-36H,6-9,28H2,1-2H3/t10?,13-,15+,17+,22-,27+/m1/s1. The van der Waals surface area contributed by atoms with Crippen LogP contribution in [0.25, 0.3) is 0 Å². The maximum atomic E-state index is 13.6. The molecule has 1 aliphatic heterocycles. The van der Waals surface area contributed by atoms with Crippen molar-refractivity contribution in [3.05, 3.63) is 51.6 Å². The molecule has 5 rings (SSSR count). The van der Waals surface area contributed by atoms with Crippen LogP contribution >= 0.6 is 0 Å². The maximum Gasteiger partial charge on any atom is 0.202 e. The van der Waals surface area contributed by atoms with E-state index in [4.69, 9.17) is 19.9 Å². The largest absolute Gasteiger partial charge is 0.507 e. The molecule has 0 saturated carbocycles. The molecule has 1 fully saturated rings. The lowest BCUT2D eigenvalue weighted by atomic mass is 9.72. The molecule has 3 aliphatic rings. The molecule has 0 aromatic heterocycles. The van der Waals surface area contributed by atoms with Gasteiger partial charge < -0.3 is 45.5 Å². The van der Waals surface area contributed by atoms with E-state index in [0.29, 0.717) is 0 Å². The average Bonchev–Trinajstić information content (AvgIpc) is 2.90. The predicted molar refractivity (Wildman–Crippen MR) is 132 cm³/mol. The van der Waals surface area contributed by atoms with Crippen LogP contribution in [-0.4, -0.2) is 86.7 Å². The molecule has 1 heterocycles. The van der Waals surface area contributed by atoms with E-state index >= 15 is 0 Å². The summed E-state index contributed by atoms with van der Waals surface area (Å²) in [7, 11) is 1.32. The Bertz CT molecular complexity index is 1380. The fourth-order valence-corrected chi connectivity index (χ4v) is 5.75. The molecule has 208 valence electrons. The Labute approximate surface area is 222 Å². The van der Waals surface area contributed by atoms with Crippen LogP contribution in [0.5, 0.6) is 17.2 Å². The van der Waals surface area contributed by atoms with E-state index in [0.717, 1.165) is 0 Å². The smallest absolute Gasteiger partial charge is 0.202 e. The molecule has 2 aromatic carbocycles. The molecule has 0 spiro atoms. The number of rotatable bonds is 5. The summed E-state index contributed by atoms with van der Waals surface area (Å²) in [5, 5.41) is 53.7. The van der Waals surface area contributed by atoms with Crippen molar-refractivity contribution in [2.75, 3.05) is 13.7 Å². The van der Waals surface area contributed by atoms with Crippen LogP contribution in [0.3, 0.4) is 0 Å². The summed E-state index contributed by atoms with van der Waals surface area (Å²) >= 11 is 0. The van der Waals surface area contributed by atoms with Gasteiger partial charge in [-0.2, -0.15) is 0 Å². The topological polar surface area (TPSA) is 206 Å². The normalized spacial score (nSPS) is 29.8. The Morgan fingerprint density at radius 1 is 1.15 bits per heavy atom. The number of aromatic hydroxyl groups is 2. The number of phenolic OH excluding ortho intramolecular Hbond substituents is 2. The van der Waals surface area contributed by atoms with Crippen LogP contribution < -0.4 is 10.5 Å². The van der Waals surface area contributed by atoms with Gasteiger partial charge in [-0.05, 0) is 13.0 Å². The van der Waals surface area contributed by atoms with Crippen LogP contribution in [-0.2, 0) is 20.7 Å². The number of aliphatic hydroxyl groups excluding tert-OH is 2. The molecule has 39 heavy (non-hydrogen) atoms. The summed E-state index contributed by atoms with van der Waals surface area (Å²) in [5.41, 5.74) is 2.37. The molecule has 2 aliphatic carbocycles. The van der Waals surface area contributed by atoms with Crippen molar-refractivity contribution in [1.29, 1.82) is 0 Å². The number of hydrogen-bond acceptors (Lipinski definition) is 12. The first-order valence-corrected chi connectivity index (χ1v) is 12.4. The Hall–Kier alpha value is -3.39. The van der Waals surface area contributed by atoms with E-state index in [1.165, 1.54) is 25.3 Å². The first kappa shape index (κ1) is 27.2. The quantitative estimate of drug-likeness (QED) is 0.235. The van der Waals surface area contributed by atoms with Crippen molar-refractivity contribution >= 4 is 17.3 Å². The minimum atomic E-state index is -2.24. The number of aliphatic hydroxyl groups is 3. The zero-order chi connectivity index (χ0) is 28.4. The molecule has 0 radical (unpaired) electrons. The van der Waals surface area contributed by atoms with Gasteiger partial charge in [0.1, 0.15) is 29.5 Å². The number of methoxy groups -OCH3 is 1. The van der Waals surface area contributed by atoms with Gasteiger partial charge in [0.25, 0.3) is 0 Å². The first-order valence-electron chi connectivity index (χ1n) is 12.4. The van der Waals surface area contributed by atoms with Crippen LogP contribution in [0.15, 0.2) is 18.2 Å². The highest BCUT2D eigenvalue weighted by Gasteiger charge is 2.50. The highest BCUT2D eigenvalue weighted by Crippen LogP contribution is 2.52. The minimum Gasteiger partial charge on any atom is -0.507 e. The van der Waals surface area contributed by atoms with Crippen LogP contribution in [0.2, 0.25) is 0 Å². The van der Waals surface area contributed by atoms with E-state index < -0.39 is 95.7 Å². The molecule has 7 N–H and O–H groups in total. The second-order valence-corrected chi connectivity index (χ2v) is 10.2. The number of carbonyl (C=O) groups is 3. The number of ether oxygens (including phenoxy) is 3. The third kappa shape index (κ3) is 4.11. The number of hydrogen-bond donors (Lipinski definition) is 6. The summed E-state index contributed by atoms with van der Waals surface area (Å²) in [6.45, 7) is 0.560. The summed E-state index contributed by atoms with van der Waals surface area (Å²) in [5.74, 6) is -3.77. The number of fused-ring (bicyclic) bond motifs is 3. The lowest BCUT2D eigenvalue weighted by Gasteiger charge is -2.42. The number of ketones is 3. The molecule has 0 amide bonds. The van der Waals surface area contributed by atoms with Crippen molar-refractivity contribution in [1.82, 2.24) is 0 Å². The van der Waals surface area contributed by atoms with Crippen molar-refractivity contribution < 1.29 is 54.1 Å². The van der Waals surface area contributed by atoms with Gasteiger partial charge in [-0.15, -0.1) is 0 Å². The highest BCUT2D eigenvalue weighted by atomic mass is 16.7. The van der Waals surface area contributed by atoms with Gasteiger partial charge in [0, 0.05) is 42.0 Å². The molecular formula is C27H29NO11. The van der Waals surface area contributed by atoms with Crippen molar-refractivity contribution in [3.63, 3.8) is 0 Å². The molecule has 1 saturated heterocycles. The van der Waals surface area contributed by atoms with E-state index in [1.54, 1.807) is 6.92 Å². The third-order valence-electron chi connectivity index (χ3n) is 7.81. The summed E-state index contributed by atoms with van der Waals surface area (Å²) in [6, 6.07) is 3.64. The summed E-state index contributed by atoms with van der Waals surface area (Å²) in [6.07, 6.45) is -5.12. The monoisotopic (exact) mass is 543 g/mol. The number of nitrogens with two attached hydrogens (primary N) is 1. The van der Waals surface area contributed by atoms with Crippen LogP contribution in [0.1, 0.15) is 68.8 Å². The van der Waals surface area contributed by atoms with Gasteiger partial charge in [0.05, 0.1) is 42.1 Å². The first-order chi connectivity index (χ1) is 18.4. The second kappa shape index (κ2) is 9.66. The average molecular weight is 544 g/mol. The van der Waals surface area contributed by atoms with Crippen LogP contribution in [0, 0.1) is 0 Å². The Balaban J connectivity index is 1.69. The molecule has 0 bridgehead atoms. The Morgan fingerprint density at radius 2 is 1.85 bits per heavy atom. The van der Waals surface area contributed by atoms with Gasteiger partial charge in [-0.3, -0.25) is 14.4 Å². The van der Waals surface area contributed by atoms with Crippen molar-refractivity contribution in [2.45, 2.75) is 62.4 Å². The molecule has 2 aromatic rings. The number of benzene rings is 2. The van der Waals surface area contributed by atoms with E-state index in [9.17, 15) is 39.9 Å². The zero-order valence-corrected chi connectivity index (χ0v) is 21.2. The minimum absolute atomic E-state index is 0.0173. The number of phenols is 2. The Kier molecular flexibility index (Phi) is 6.74. The fourth-order valence-electron chi connectivity index (χ4n) is 5.75. The van der Waals surface area contributed by atoms with Gasteiger partial charge in [-0.25, -0.2) is 0 Å². The lowest BCUT2D eigenvalue weighted by molar-refractivity contribution is -0.247. The third-order valence-corrected chi connectivity index (χ3v) is 7.81. The summed E-state index contributed by atoms with van der Waals surface area (Å²) in [4.78, 5) is 39.7. The predicted octanol–water partition coefficient (Wildman–Crippen LogP) is 0.00130. The second-order valence-electron chi connectivity index (χ2n) is 10.2. The van der Waals surface area contributed by atoms with E-state index in [2.05, 4.69) is 0 Å². The number of Topliss-reactive ketones (excluding diaryl/α,β-unsaturated/α-hetero) is 1. The van der Waals surface area contributed by atoms with Gasteiger partial charge in [0.15, 0.2) is 17.9 Å². The molecule has 12 nitrogen and oxygen atoms in total. The number of carbonyl (C=O) groups excluding carboxylic acids is 3. The highest BCUT2D eigenvalue weighted by molar-refractivity contribution is 6.31. The molecular weight excluding hydrogens is 514 g/mol. The zero-order valence-electron chi connectivity index (χ0n) is 21.2. The SMILES string of the molecule is COc1cccc2c1C(=O)c1c(O)c3c(c(O)c1C2=O)C[C@@](O)(C(=O)CO)C[C@@H]3O[C@H]1C[C@@H](N)[C@H](O)C(C)O1. The molecule has 6 atom stereocenters. The fraction of sp³-hybridized carbons (Fsp3) is 0.444. The van der Waals surface area contributed by atoms with E-state index in [-0.39, 0.29) is 34.4 Å². The maximum absolute atomic E-state index is 13.6. The van der Waals surface area contributed by atoms with E-state index in [1.807, 2.05) is 0 Å². The molecule has 12 heteroatoms. The van der Waals surface area contributed by atoms with Gasteiger partial charge in [-0.1, -0.05) is 12.1 Å². The van der Waals surface area contributed by atoms with Crippen LogP contribution in [0.4, 0.5) is 0 Å². The summed E-state index contributed by atoms with van der Waals surface area (Å²) < 4.78 is 17.0. The van der Waals surface area contributed by atoms with Crippen molar-refractivity contribution in [2.24, 2.45) is 5.73 Å². The van der Waals surface area contributed by atoms with Gasteiger partial charge >= 0.3 is 0 Å². The van der Waals surface area contributed by atoms with Gasteiger partial charge in [0.2, 0.25) is 5.78 Å². The lowest BCUT2D eigenvalue weighted by Crippen LogP contribution is -2.53. The molecule has 1 unspecified atom stereocenters.